The number of nitrogens with zero attached hydrogens (tertiary/aromatic N) is 2. The lowest BCUT2D eigenvalue weighted by Gasteiger charge is -2.30. The molecule has 6 heteroatoms. The number of hydrogen-bond donors (Lipinski definition) is 1. The van der Waals surface area contributed by atoms with Crippen molar-refractivity contribution in [2.24, 2.45) is 0 Å². The molecule has 0 unspecified atom stereocenters. The van der Waals surface area contributed by atoms with Gasteiger partial charge in [0.1, 0.15) is 12.4 Å². The Labute approximate surface area is 136 Å². The smallest absolute Gasteiger partial charge is 0.236 e. The lowest BCUT2D eigenvalue weighted by molar-refractivity contribution is -0.132. The van der Waals surface area contributed by atoms with E-state index in [1.807, 2.05) is 12.1 Å². The van der Waals surface area contributed by atoms with Crippen molar-refractivity contribution in [3.8, 4) is 5.75 Å². The highest BCUT2D eigenvalue weighted by molar-refractivity contribution is 6.30. The van der Waals surface area contributed by atoms with Gasteiger partial charge in [0.2, 0.25) is 5.91 Å². The van der Waals surface area contributed by atoms with E-state index in [1.54, 1.807) is 24.1 Å². The minimum absolute atomic E-state index is 0.0797. The predicted molar refractivity (Wildman–Crippen MR) is 86.3 cm³/mol. The fourth-order valence-corrected chi connectivity index (χ4v) is 2.47. The Morgan fingerprint density at radius 2 is 2.00 bits per heavy atom. The summed E-state index contributed by atoms with van der Waals surface area (Å²) in [7, 11) is 1.78. The van der Waals surface area contributed by atoms with Gasteiger partial charge in [-0.05, 0) is 37.1 Å². The van der Waals surface area contributed by atoms with E-state index in [0.29, 0.717) is 24.7 Å². The summed E-state index contributed by atoms with van der Waals surface area (Å²) < 4.78 is 5.59. The summed E-state index contributed by atoms with van der Waals surface area (Å²) in [6, 6.07) is 7.17. The Bertz CT molecular complexity index is 473. The van der Waals surface area contributed by atoms with Crippen LogP contribution in [0.25, 0.3) is 0 Å². The number of carbonyl (C=O) groups excluding carboxylic acids is 1. The molecule has 1 aliphatic heterocycles. The van der Waals surface area contributed by atoms with Crippen molar-refractivity contribution in [1.29, 1.82) is 0 Å². The number of likely N-dealkylation sites (N-methyl/N-ethyl adjacent to an activating group) is 1. The zero-order valence-corrected chi connectivity index (χ0v) is 13.6. The zero-order chi connectivity index (χ0) is 15.9. The van der Waals surface area contributed by atoms with Gasteiger partial charge in [-0.2, -0.15) is 0 Å². The number of amides is 1. The van der Waals surface area contributed by atoms with Gasteiger partial charge < -0.3 is 14.7 Å². The van der Waals surface area contributed by atoms with Crippen LogP contribution in [0.5, 0.6) is 5.75 Å². The number of likely N-dealkylation sites (tertiary alicyclic amines) is 1. The molecule has 5 nitrogen and oxygen atoms in total. The topological polar surface area (TPSA) is 53.0 Å². The van der Waals surface area contributed by atoms with Crippen LogP contribution in [0.4, 0.5) is 0 Å². The second kappa shape index (κ2) is 8.36. The van der Waals surface area contributed by atoms with E-state index in [2.05, 4.69) is 4.90 Å². The van der Waals surface area contributed by atoms with Gasteiger partial charge in [-0.1, -0.05) is 11.6 Å². The summed E-state index contributed by atoms with van der Waals surface area (Å²) >= 11 is 5.81. The third-order valence-electron chi connectivity index (χ3n) is 3.85. The van der Waals surface area contributed by atoms with Gasteiger partial charge in [-0.3, -0.25) is 9.69 Å². The van der Waals surface area contributed by atoms with Crippen LogP contribution >= 0.6 is 11.6 Å². The third-order valence-corrected chi connectivity index (χ3v) is 4.10. The molecule has 122 valence electrons. The van der Waals surface area contributed by atoms with E-state index in [0.717, 1.165) is 31.7 Å². The molecule has 1 fully saturated rings. The number of aliphatic hydroxyl groups excluding tert-OH is 1. The van der Waals surface area contributed by atoms with Gasteiger partial charge in [-0.25, -0.2) is 0 Å². The number of halogens is 1. The van der Waals surface area contributed by atoms with Crippen LogP contribution in [0, 0.1) is 0 Å². The van der Waals surface area contributed by atoms with E-state index in [9.17, 15) is 9.90 Å². The summed E-state index contributed by atoms with van der Waals surface area (Å²) in [5.41, 5.74) is 0. The Morgan fingerprint density at radius 3 is 2.64 bits per heavy atom. The molecule has 1 aliphatic rings. The maximum atomic E-state index is 12.1. The molecule has 1 saturated heterocycles. The van der Waals surface area contributed by atoms with E-state index in [4.69, 9.17) is 16.3 Å². The van der Waals surface area contributed by atoms with Gasteiger partial charge >= 0.3 is 0 Å². The fourth-order valence-electron chi connectivity index (χ4n) is 2.35. The van der Waals surface area contributed by atoms with Gasteiger partial charge in [0, 0.05) is 25.2 Å². The minimum atomic E-state index is -0.211. The largest absolute Gasteiger partial charge is 0.492 e. The van der Waals surface area contributed by atoms with Crippen molar-refractivity contribution >= 4 is 17.5 Å². The molecule has 0 radical (unpaired) electrons. The summed E-state index contributed by atoms with van der Waals surface area (Å²) in [6.45, 7) is 2.95. The summed E-state index contributed by atoms with van der Waals surface area (Å²) in [5.74, 6) is 0.825. The second-order valence-electron chi connectivity index (χ2n) is 5.62. The predicted octanol–water partition coefficient (Wildman–Crippen LogP) is 1.63. The maximum Gasteiger partial charge on any atom is 0.236 e. The third kappa shape index (κ3) is 5.48. The van der Waals surface area contributed by atoms with Crippen molar-refractivity contribution in [1.82, 2.24) is 9.80 Å². The first-order valence-corrected chi connectivity index (χ1v) is 7.95. The first kappa shape index (κ1) is 17.1. The Balaban J connectivity index is 1.66. The fraction of sp³-hybridized carbons (Fsp3) is 0.562. The van der Waals surface area contributed by atoms with Crippen molar-refractivity contribution in [2.75, 3.05) is 39.8 Å². The van der Waals surface area contributed by atoms with E-state index in [1.165, 1.54) is 0 Å². The van der Waals surface area contributed by atoms with Gasteiger partial charge in [0.05, 0.1) is 19.2 Å². The molecule has 0 aliphatic carbocycles. The van der Waals surface area contributed by atoms with Gasteiger partial charge in [-0.15, -0.1) is 0 Å². The van der Waals surface area contributed by atoms with Crippen LogP contribution in [0.3, 0.4) is 0 Å². The van der Waals surface area contributed by atoms with Crippen molar-refractivity contribution < 1.29 is 14.6 Å². The molecule has 0 bridgehead atoms. The molecule has 1 heterocycles. The number of piperidine rings is 1. The molecular formula is C16H23ClN2O3. The first-order chi connectivity index (χ1) is 10.5. The molecule has 0 spiro atoms. The number of aliphatic hydroxyl groups is 1. The van der Waals surface area contributed by atoms with Crippen molar-refractivity contribution in [2.45, 2.75) is 18.9 Å². The van der Waals surface area contributed by atoms with E-state index >= 15 is 0 Å². The molecule has 0 saturated carbocycles. The van der Waals surface area contributed by atoms with Crippen LogP contribution in [-0.4, -0.2) is 66.8 Å². The number of carbonyl (C=O) groups is 1. The number of benzene rings is 1. The maximum absolute atomic E-state index is 12.1. The Hall–Kier alpha value is -1.30. The Morgan fingerprint density at radius 1 is 1.36 bits per heavy atom. The van der Waals surface area contributed by atoms with E-state index < -0.39 is 0 Å². The van der Waals surface area contributed by atoms with Crippen LogP contribution < -0.4 is 4.74 Å². The summed E-state index contributed by atoms with van der Waals surface area (Å²) in [6.07, 6.45) is 1.28. The summed E-state index contributed by atoms with van der Waals surface area (Å²) in [5, 5.41) is 10.1. The minimum Gasteiger partial charge on any atom is -0.492 e. The van der Waals surface area contributed by atoms with Crippen LogP contribution in [0.2, 0.25) is 5.02 Å². The van der Waals surface area contributed by atoms with E-state index in [-0.39, 0.29) is 12.0 Å². The lowest BCUT2D eigenvalue weighted by atomic mass is 10.1. The van der Waals surface area contributed by atoms with Crippen LogP contribution in [0.1, 0.15) is 12.8 Å². The highest BCUT2D eigenvalue weighted by Gasteiger charge is 2.20. The molecule has 1 aromatic rings. The molecule has 0 aromatic heterocycles. The molecular weight excluding hydrogens is 304 g/mol. The van der Waals surface area contributed by atoms with Crippen molar-refractivity contribution in [3.05, 3.63) is 29.3 Å². The Kier molecular flexibility index (Phi) is 6.49. The number of rotatable bonds is 6. The molecule has 22 heavy (non-hydrogen) atoms. The monoisotopic (exact) mass is 326 g/mol. The van der Waals surface area contributed by atoms with Gasteiger partial charge in [0.25, 0.3) is 0 Å². The zero-order valence-electron chi connectivity index (χ0n) is 12.9. The lowest BCUT2D eigenvalue weighted by Crippen LogP contribution is -2.44. The highest BCUT2D eigenvalue weighted by Crippen LogP contribution is 2.15. The SMILES string of the molecule is CN(CCOc1ccc(Cl)cc1)C(=O)CN1CCC(O)CC1. The van der Waals surface area contributed by atoms with Crippen LogP contribution in [-0.2, 0) is 4.79 Å². The average Bonchev–Trinajstić information content (AvgIpc) is 2.51. The first-order valence-electron chi connectivity index (χ1n) is 7.57. The van der Waals surface area contributed by atoms with Gasteiger partial charge in [0.15, 0.2) is 0 Å². The number of hydrogen-bond acceptors (Lipinski definition) is 4. The standard InChI is InChI=1S/C16H23ClN2O3/c1-18(10-11-22-15-4-2-13(17)3-5-15)16(21)12-19-8-6-14(20)7-9-19/h2-5,14,20H,6-12H2,1H3. The average molecular weight is 327 g/mol. The quantitative estimate of drug-likeness (QED) is 0.863. The van der Waals surface area contributed by atoms with Crippen molar-refractivity contribution in [3.63, 3.8) is 0 Å². The second-order valence-corrected chi connectivity index (χ2v) is 6.06. The normalized spacial score (nSPS) is 16.5. The molecule has 1 aromatic carbocycles. The highest BCUT2D eigenvalue weighted by atomic mass is 35.5. The molecule has 1 amide bonds. The molecule has 1 N–H and O–H groups in total. The molecule has 2 rings (SSSR count). The number of ether oxygens (including phenoxy) is 1. The molecule has 0 atom stereocenters. The summed E-state index contributed by atoms with van der Waals surface area (Å²) in [4.78, 5) is 15.9. The van der Waals surface area contributed by atoms with Crippen LogP contribution in [0.15, 0.2) is 24.3 Å².